The number of nitro groups is 1. The Balaban J connectivity index is 2.46. The molecule has 0 spiro atoms. The van der Waals surface area contributed by atoms with Crippen LogP contribution in [-0.2, 0) is 0 Å². The standard InChI is InChI=1S/C15H12FNO4/c1-9-4-3-5-14(15(9)16)21-13-7-6-11(17(19)20)8-12(13)10(2)18/h3-8H,1-2H3. The van der Waals surface area contributed by atoms with Gasteiger partial charge >= 0.3 is 0 Å². The molecule has 0 saturated carbocycles. The molecule has 0 unspecified atom stereocenters. The van der Waals surface area contributed by atoms with Gasteiger partial charge in [0, 0.05) is 12.1 Å². The smallest absolute Gasteiger partial charge is 0.270 e. The summed E-state index contributed by atoms with van der Waals surface area (Å²) in [6.45, 7) is 2.85. The highest BCUT2D eigenvalue weighted by atomic mass is 19.1. The second-order valence-electron chi connectivity index (χ2n) is 4.48. The van der Waals surface area contributed by atoms with Crippen molar-refractivity contribution in [2.75, 3.05) is 0 Å². The third-order valence-electron chi connectivity index (χ3n) is 2.93. The lowest BCUT2D eigenvalue weighted by Crippen LogP contribution is -2.00. The summed E-state index contributed by atoms with van der Waals surface area (Å²) in [6.07, 6.45) is 0. The van der Waals surface area contributed by atoms with Crippen LogP contribution in [0, 0.1) is 22.9 Å². The van der Waals surface area contributed by atoms with Crippen molar-refractivity contribution in [1.82, 2.24) is 0 Å². The number of nitrogens with zero attached hydrogens (tertiary/aromatic N) is 1. The lowest BCUT2D eigenvalue weighted by Gasteiger charge is -2.11. The maximum Gasteiger partial charge on any atom is 0.270 e. The average molecular weight is 289 g/mol. The number of aryl methyl sites for hydroxylation is 1. The lowest BCUT2D eigenvalue weighted by molar-refractivity contribution is -0.384. The first-order valence-corrected chi connectivity index (χ1v) is 6.12. The Morgan fingerprint density at radius 3 is 2.57 bits per heavy atom. The molecule has 2 rings (SSSR count). The molecule has 2 aromatic rings. The Morgan fingerprint density at radius 1 is 1.24 bits per heavy atom. The maximum absolute atomic E-state index is 13.9. The van der Waals surface area contributed by atoms with Crippen molar-refractivity contribution < 1.29 is 18.8 Å². The average Bonchev–Trinajstić information content (AvgIpc) is 2.43. The first-order valence-electron chi connectivity index (χ1n) is 6.12. The number of rotatable bonds is 4. The van der Waals surface area contributed by atoms with Crippen LogP contribution in [0.5, 0.6) is 11.5 Å². The van der Waals surface area contributed by atoms with Gasteiger partial charge in [-0.05, 0) is 31.5 Å². The summed E-state index contributed by atoms with van der Waals surface area (Å²) in [4.78, 5) is 21.7. The predicted octanol–water partition coefficient (Wildman–Crippen LogP) is 4.04. The Morgan fingerprint density at radius 2 is 1.95 bits per heavy atom. The highest BCUT2D eigenvalue weighted by molar-refractivity contribution is 5.97. The predicted molar refractivity (Wildman–Crippen MR) is 74.3 cm³/mol. The second kappa shape index (κ2) is 5.70. The molecule has 0 atom stereocenters. The van der Waals surface area contributed by atoms with Gasteiger partial charge in [-0.3, -0.25) is 14.9 Å². The normalized spacial score (nSPS) is 10.2. The van der Waals surface area contributed by atoms with Gasteiger partial charge in [0.05, 0.1) is 10.5 Å². The molecule has 0 radical (unpaired) electrons. The SMILES string of the molecule is CC(=O)c1cc([N+](=O)[O-])ccc1Oc1cccc(C)c1F. The van der Waals surface area contributed by atoms with Gasteiger partial charge in [0.1, 0.15) is 5.75 Å². The van der Waals surface area contributed by atoms with Gasteiger partial charge in [0.25, 0.3) is 5.69 Å². The molecule has 0 bridgehead atoms. The van der Waals surface area contributed by atoms with Gasteiger partial charge in [0.2, 0.25) is 0 Å². The van der Waals surface area contributed by atoms with E-state index in [1.54, 1.807) is 19.1 Å². The quantitative estimate of drug-likeness (QED) is 0.484. The zero-order chi connectivity index (χ0) is 15.6. The fourth-order valence-corrected chi connectivity index (χ4v) is 1.81. The molecule has 0 N–H and O–H groups in total. The zero-order valence-corrected chi connectivity index (χ0v) is 11.4. The number of Topliss-reactive ketones (excluding diaryl/α,β-unsaturated/α-hetero) is 1. The van der Waals surface area contributed by atoms with Gasteiger partial charge < -0.3 is 4.74 Å². The van der Waals surface area contributed by atoms with Crippen molar-refractivity contribution in [2.24, 2.45) is 0 Å². The molecule has 0 aliphatic carbocycles. The number of carbonyl (C=O) groups excluding carboxylic acids is 1. The molecule has 0 heterocycles. The molecule has 0 aliphatic heterocycles. The van der Waals surface area contributed by atoms with Crippen LogP contribution in [-0.4, -0.2) is 10.7 Å². The Kier molecular flexibility index (Phi) is 3.98. The number of hydrogen-bond donors (Lipinski definition) is 0. The number of hydrogen-bond acceptors (Lipinski definition) is 4. The number of ether oxygens (including phenoxy) is 1. The van der Waals surface area contributed by atoms with Crippen molar-refractivity contribution in [3.8, 4) is 11.5 Å². The van der Waals surface area contributed by atoms with E-state index in [9.17, 15) is 19.3 Å². The molecule has 0 fully saturated rings. The fraction of sp³-hybridized carbons (Fsp3) is 0.133. The van der Waals surface area contributed by atoms with Gasteiger partial charge in [-0.1, -0.05) is 12.1 Å². The summed E-state index contributed by atoms with van der Waals surface area (Å²) in [5.41, 5.74) is 0.209. The number of carbonyl (C=O) groups is 1. The molecule has 0 aliphatic rings. The first-order chi connectivity index (χ1) is 9.90. The van der Waals surface area contributed by atoms with E-state index >= 15 is 0 Å². The van der Waals surface area contributed by atoms with Crippen LogP contribution in [0.1, 0.15) is 22.8 Å². The van der Waals surface area contributed by atoms with E-state index in [1.165, 1.54) is 25.1 Å². The largest absolute Gasteiger partial charge is 0.454 e. The molecule has 21 heavy (non-hydrogen) atoms. The minimum atomic E-state index is -0.608. The summed E-state index contributed by atoms with van der Waals surface area (Å²) < 4.78 is 19.3. The molecular formula is C15H12FNO4. The number of ketones is 1. The molecule has 0 aromatic heterocycles. The van der Waals surface area contributed by atoms with E-state index in [0.29, 0.717) is 5.56 Å². The number of non-ortho nitro benzene ring substituents is 1. The molecule has 108 valence electrons. The number of halogens is 1. The second-order valence-corrected chi connectivity index (χ2v) is 4.48. The molecule has 6 heteroatoms. The van der Waals surface area contributed by atoms with Crippen molar-refractivity contribution in [1.29, 1.82) is 0 Å². The van der Waals surface area contributed by atoms with Crippen LogP contribution in [0.2, 0.25) is 0 Å². The molecule has 0 amide bonds. The lowest BCUT2D eigenvalue weighted by atomic mass is 10.1. The Hall–Kier alpha value is -2.76. The van der Waals surface area contributed by atoms with Crippen molar-refractivity contribution in [2.45, 2.75) is 13.8 Å². The molecular weight excluding hydrogens is 277 g/mol. The number of nitro benzene ring substituents is 1. The molecule has 5 nitrogen and oxygen atoms in total. The summed E-state index contributed by atoms with van der Waals surface area (Å²) in [7, 11) is 0. The van der Waals surface area contributed by atoms with Crippen molar-refractivity contribution in [3.05, 3.63) is 63.5 Å². The topological polar surface area (TPSA) is 69.4 Å². The first kappa shape index (κ1) is 14.6. The fourth-order valence-electron chi connectivity index (χ4n) is 1.81. The van der Waals surface area contributed by atoms with E-state index in [0.717, 1.165) is 6.07 Å². The number of benzene rings is 2. The van der Waals surface area contributed by atoms with Crippen LogP contribution in [0.25, 0.3) is 0 Å². The highest BCUT2D eigenvalue weighted by Gasteiger charge is 2.17. The van der Waals surface area contributed by atoms with E-state index in [1.807, 2.05) is 0 Å². The van der Waals surface area contributed by atoms with Gasteiger partial charge in [-0.2, -0.15) is 0 Å². The molecule has 0 saturated heterocycles. The van der Waals surface area contributed by atoms with E-state index in [-0.39, 0.29) is 22.7 Å². The Bertz CT molecular complexity index is 728. The zero-order valence-electron chi connectivity index (χ0n) is 11.4. The van der Waals surface area contributed by atoms with Crippen LogP contribution >= 0.6 is 0 Å². The van der Waals surface area contributed by atoms with Crippen LogP contribution in [0.15, 0.2) is 36.4 Å². The van der Waals surface area contributed by atoms with Gasteiger partial charge in [-0.25, -0.2) is 4.39 Å². The van der Waals surface area contributed by atoms with Gasteiger partial charge in [0.15, 0.2) is 17.3 Å². The third kappa shape index (κ3) is 3.05. The van der Waals surface area contributed by atoms with Crippen molar-refractivity contribution in [3.63, 3.8) is 0 Å². The minimum Gasteiger partial charge on any atom is -0.454 e. The van der Waals surface area contributed by atoms with Gasteiger partial charge in [-0.15, -0.1) is 0 Å². The van der Waals surface area contributed by atoms with Crippen LogP contribution in [0.4, 0.5) is 10.1 Å². The Labute approximate surface area is 120 Å². The van der Waals surface area contributed by atoms with Crippen LogP contribution < -0.4 is 4.74 Å². The van der Waals surface area contributed by atoms with E-state index < -0.39 is 16.5 Å². The minimum absolute atomic E-state index is 0.0325. The highest BCUT2D eigenvalue weighted by Crippen LogP contribution is 2.31. The summed E-state index contributed by atoms with van der Waals surface area (Å²) in [5, 5.41) is 10.7. The van der Waals surface area contributed by atoms with Crippen LogP contribution in [0.3, 0.4) is 0 Å². The molecule has 2 aromatic carbocycles. The van der Waals surface area contributed by atoms with Crippen molar-refractivity contribution >= 4 is 11.5 Å². The third-order valence-corrected chi connectivity index (χ3v) is 2.93. The van der Waals surface area contributed by atoms with E-state index in [2.05, 4.69) is 0 Å². The summed E-state index contributed by atoms with van der Waals surface area (Å²) in [5.74, 6) is -0.893. The maximum atomic E-state index is 13.9. The monoisotopic (exact) mass is 289 g/mol. The summed E-state index contributed by atoms with van der Waals surface area (Å²) in [6, 6.07) is 8.24. The summed E-state index contributed by atoms with van der Waals surface area (Å²) >= 11 is 0. The van der Waals surface area contributed by atoms with E-state index in [4.69, 9.17) is 4.74 Å².